The monoisotopic (exact) mass is 397 g/mol. The Morgan fingerprint density at radius 1 is 1.36 bits per heavy atom. The molecule has 2 aromatic carbocycles. The number of para-hydroxylation sites is 1. The van der Waals surface area contributed by atoms with E-state index in [1.54, 1.807) is 24.0 Å². The Morgan fingerprint density at radius 2 is 2.18 bits per heavy atom. The summed E-state index contributed by atoms with van der Waals surface area (Å²) in [5.74, 6) is -0.308. The average Bonchev–Trinajstić information content (AvgIpc) is 3.35. The van der Waals surface area contributed by atoms with Gasteiger partial charge in [-0.2, -0.15) is 0 Å². The predicted molar refractivity (Wildman–Crippen MR) is 108 cm³/mol. The molecule has 7 nitrogen and oxygen atoms in total. The first-order chi connectivity index (χ1) is 13.5. The van der Waals surface area contributed by atoms with E-state index in [1.807, 2.05) is 24.3 Å². The number of nitrogens with zero attached hydrogens (tertiary/aromatic N) is 3. The van der Waals surface area contributed by atoms with Gasteiger partial charge in [0.15, 0.2) is 5.13 Å². The van der Waals surface area contributed by atoms with Gasteiger partial charge in [-0.3, -0.25) is 19.8 Å². The summed E-state index contributed by atoms with van der Waals surface area (Å²) in [4.78, 5) is 30.3. The average molecular weight is 397 g/mol. The number of benzene rings is 2. The van der Waals surface area contributed by atoms with Crippen LogP contribution in [0.5, 0.6) is 0 Å². The second-order valence-corrected chi connectivity index (χ2v) is 7.78. The molecule has 28 heavy (non-hydrogen) atoms. The van der Waals surface area contributed by atoms with Gasteiger partial charge in [0.1, 0.15) is 0 Å². The number of aromatic nitrogens is 1. The lowest BCUT2D eigenvalue weighted by atomic mass is 10.1. The van der Waals surface area contributed by atoms with Gasteiger partial charge in [-0.15, -0.1) is 0 Å². The molecule has 0 spiro atoms. The Balaban J connectivity index is 1.73. The number of nitro benzene ring substituents is 1. The largest absolute Gasteiger partial charge is 0.376 e. The van der Waals surface area contributed by atoms with Crippen LogP contribution in [-0.2, 0) is 4.74 Å². The maximum absolute atomic E-state index is 13.3. The first kappa shape index (κ1) is 18.5. The number of aryl methyl sites for hydroxylation is 1. The zero-order chi connectivity index (χ0) is 19.7. The highest BCUT2D eigenvalue weighted by molar-refractivity contribution is 7.22. The summed E-state index contributed by atoms with van der Waals surface area (Å²) in [5, 5.41) is 11.9. The number of fused-ring (bicyclic) bond motifs is 1. The molecular weight excluding hydrogens is 378 g/mol. The van der Waals surface area contributed by atoms with Crippen LogP contribution in [0.3, 0.4) is 0 Å². The molecule has 0 N–H and O–H groups in total. The van der Waals surface area contributed by atoms with Crippen LogP contribution in [0, 0.1) is 17.0 Å². The van der Waals surface area contributed by atoms with Gasteiger partial charge in [0.05, 0.1) is 27.8 Å². The molecule has 1 aliphatic heterocycles. The fourth-order valence-corrected chi connectivity index (χ4v) is 4.28. The second kappa shape index (κ2) is 7.65. The van der Waals surface area contributed by atoms with Gasteiger partial charge in [-0.25, -0.2) is 4.98 Å². The van der Waals surface area contributed by atoms with E-state index in [0.29, 0.717) is 23.8 Å². The molecule has 1 fully saturated rings. The number of amides is 1. The molecule has 0 bridgehead atoms. The molecule has 1 atom stereocenters. The molecule has 8 heteroatoms. The zero-order valence-electron chi connectivity index (χ0n) is 15.3. The fourth-order valence-electron chi connectivity index (χ4n) is 3.31. The van der Waals surface area contributed by atoms with Gasteiger partial charge in [0.25, 0.3) is 11.6 Å². The number of hydrogen-bond donors (Lipinski definition) is 0. The smallest absolute Gasteiger partial charge is 0.273 e. The number of carbonyl (C=O) groups excluding carboxylic acids is 1. The van der Waals surface area contributed by atoms with Crippen molar-refractivity contribution >= 4 is 38.3 Å². The summed E-state index contributed by atoms with van der Waals surface area (Å²) < 4.78 is 6.70. The van der Waals surface area contributed by atoms with Crippen LogP contribution in [-0.4, -0.2) is 35.1 Å². The van der Waals surface area contributed by atoms with Crippen LogP contribution in [0.2, 0.25) is 0 Å². The number of nitro groups is 1. The van der Waals surface area contributed by atoms with E-state index in [2.05, 4.69) is 4.98 Å². The number of hydrogen-bond acceptors (Lipinski definition) is 6. The Bertz CT molecular complexity index is 1010. The quantitative estimate of drug-likeness (QED) is 0.472. The van der Waals surface area contributed by atoms with Crippen LogP contribution >= 0.6 is 11.3 Å². The standard InChI is InChI=1S/C20H19N3O4S/c1-13-8-9-14(11-17(13)23(25)26)19(24)22(12-15-5-4-10-27-15)20-21-16-6-2-3-7-18(16)28-20/h2-3,6-9,11,15H,4-5,10,12H2,1H3. The van der Waals surface area contributed by atoms with E-state index >= 15 is 0 Å². The third-order valence-corrected chi connectivity index (χ3v) is 5.88. The molecule has 1 aliphatic rings. The summed E-state index contributed by atoms with van der Waals surface area (Å²) >= 11 is 1.43. The van der Waals surface area contributed by atoms with E-state index in [-0.39, 0.29) is 23.3 Å². The maximum Gasteiger partial charge on any atom is 0.273 e. The molecule has 0 radical (unpaired) electrons. The second-order valence-electron chi connectivity index (χ2n) is 6.77. The van der Waals surface area contributed by atoms with Crippen LogP contribution in [0.1, 0.15) is 28.8 Å². The number of rotatable bonds is 5. The predicted octanol–water partition coefficient (Wildman–Crippen LogP) is 4.34. The number of ether oxygens (including phenoxy) is 1. The number of carbonyl (C=O) groups is 1. The van der Waals surface area contributed by atoms with E-state index in [1.165, 1.54) is 17.4 Å². The molecule has 1 amide bonds. The van der Waals surface area contributed by atoms with Gasteiger partial charge >= 0.3 is 0 Å². The van der Waals surface area contributed by atoms with Gasteiger partial charge in [0.2, 0.25) is 0 Å². The minimum Gasteiger partial charge on any atom is -0.376 e. The number of thiazole rings is 1. The molecule has 2 heterocycles. The molecule has 144 valence electrons. The minimum atomic E-state index is -0.464. The highest BCUT2D eigenvalue weighted by Gasteiger charge is 2.28. The van der Waals surface area contributed by atoms with E-state index < -0.39 is 4.92 Å². The summed E-state index contributed by atoms with van der Waals surface area (Å²) in [7, 11) is 0. The summed E-state index contributed by atoms with van der Waals surface area (Å²) in [6.07, 6.45) is 1.78. The van der Waals surface area contributed by atoms with Crippen LogP contribution < -0.4 is 4.90 Å². The van der Waals surface area contributed by atoms with Crippen molar-refractivity contribution < 1.29 is 14.5 Å². The Labute approximate surface area is 165 Å². The minimum absolute atomic E-state index is 0.0589. The Morgan fingerprint density at radius 3 is 2.89 bits per heavy atom. The van der Waals surface area contributed by atoms with E-state index in [9.17, 15) is 14.9 Å². The molecule has 0 saturated carbocycles. The molecular formula is C20H19N3O4S. The van der Waals surface area contributed by atoms with Crippen molar-refractivity contribution in [1.29, 1.82) is 0 Å². The normalized spacial score (nSPS) is 16.4. The molecule has 1 aromatic heterocycles. The van der Waals surface area contributed by atoms with Crippen LogP contribution in [0.25, 0.3) is 10.2 Å². The fraction of sp³-hybridized carbons (Fsp3) is 0.300. The summed E-state index contributed by atoms with van der Waals surface area (Å²) in [5.41, 5.74) is 1.55. The third-order valence-electron chi connectivity index (χ3n) is 4.82. The highest BCUT2D eigenvalue weighted by atomic mass is 32.1. The van der Waals surface area contributed by atoms with Gasteiger partial charge < -0.3 is 4.74 Å². The first-order valence-electron chi connectivity index (χ1n) is 9.07. The Hall–Kier alpha value is -2.84. The Kier molecular flexibility index (Phi) is 5.06. The van der Waals surface area contributed by atoms with Gasteiger partial charge in [-0.1, -0.05) is 29.5 Å². The lowest BCUT2D eigenvalue weighted by Crippen LogP contribution is -2.37. The molecule has 1 unspecified atom stereocenters. The van der Waals surface area contributed by atoms with Crippen LogP contribution in [0.15, 0.2) is 42.5 Å². The molecule has 4 rings (SSSR count). The van der Waals surface area contributed by atoms with Crippen molar-refractivity contribution in [2.45, 2.75) is 25.9 Å². The van der Waals surface area contributed by atoms with E-state index in [0.717, 1.165) is 23.1 Å². The van der Waals surface area contributed by atoms with Crippen molar-refractivity contribution in [3.8, 4) is 0 Å². The topological polar surface area (TPSA) is 85.6 Å². The van der Waals surface area contributed by atoms with E-state index in [4.69, 9.17) is 4.74 Å². The van der Waals surface area contributed by atoms with Crippen molar-refractivity contribution in [2.24, 2.45) is 0 Å². The SMILES string of the molecule is Cc1ccc(C(=O)N(CC2CCCO2)c2nc3ccccc3s2)cc1[N+](=O)[O-]. The third kappa shape index (κ3) is 3.61. The van der Waals surface area contributed by atoms with Crippen LogP contribution in [0.4, 0.5) is 10.8 Å². The summed E-state index contributed by atoms with van der Waals surface area (Å²) in [6, 6.07) is 12.3. The number of anilines is 1. The zero-order valence-corrected chi connectivity index (χ0v) is 16.1. The first-order valence-corrected chi connectivity index (χ1v) is 9.88. The van der Waals surface area contributed by atoms with Crippen molar-refractivity contribution in [1.82, 2.24) is 4.98 Å². The highest BCUT2D eigenvalue weighted by Crippen LogP contribution is 2.31. The van der Waals surface area contributed by atoms with Gasteiger partial charge in [0, 0.05) is 23.8 Å². The lowest BCUT2D eigenvalue weighted by Gasteiger charge is -2.23. The van der Waals surface area contributed by atoms with Crippen molar-refractivity contribution in [2.75, 3.05) is 18.1 Å². The molecule has 0 aliphatic carbocycles. The van der Waals surface area contributed by atoms with Gasteiger partial charge in [-0.05, 0) is 38.0 Å². The molecule has 1 saturated heterocycles. The summed E-state index contributed by atoms with van der Waals surface area (Å²) in [6.45, 7) is 2.72. The lowest BCUT2D eigenvalue weighted by molar-refractivity contribution is -0.385. The maximum atomic E-state index is 13.3. The van der Waals surface area contributed by atoms with Crippen molar-refractivity contribution in [3.05, 3.63) is 63.7 Å². The molecule has 3 aromatic rings. The van der Waals surface area contributed by atoms with Crippen molar-refractivity contribution in [3.63, 3.8) is 0 Å².